The molecule has 6 rings (SSSR count). The molecule has 294 valence electrons. The van der Waals surface area contributed by atoms with Crippen molar-refractivity contribution in [3.63, 3.8) is 0 Å². The SMILES string of the molecule is CCC1(C2OC(C3OC(O)(CO)C(C)CC3C)CC2C)CCC(C2(C)CCC3(CC(O)C(C)C(C(C)C(OC)C(C)C(=O)OCC4CO4)O3)O2)O1. The number of carbonyl (C=O) groups excluding carboxylic acids is 1. The molecule has 6 fully saturated rings. The van der Waals surface area contributed by atoms with Crippen molar-refractivity contribution >= 4 is 5.97 Å². The van der Waals surface area contributed by atoms with Crippen LogP contribution in [0.25, 0.3) is 0 Å². The molecule has 0 bridgehead atoms. The number of epoxide rings is 1. The molecular formula is C39H66O12. The summed E-state index contributed by atoms with van der Waals surface area (Å²) in [7, 11) is 1.60. The molecular weight excluding hydrogens is 660 g/mol. The summed E-state index contributed by atoms with van der Waals surface area (Å²) in [5.41, 5.74) is -1.14. The van der Waals surface area contributed by atoms with Gasteiger partial charge in [-0.25, -0.2) is 0 Å². The van der Waals surface area contributed by atoms with Gasteiger partial charge in [0.05, 0.1) is 73.1 Å². The maximum absolute atomic E-state index is 12.9. The highest BCUT2D eigenvalue weighted by Crippen LogP contribution is 2.55. The molecule has 3 N–H and O–H groups in total. The summed E-state index contributed by atoms with van der Waals surface area (Å²) >= 11 is 0. The molecule has 0 aromatic rings. The van der Waals surface area contributed by atoms with Crippen LogP contribution in [-0.4, -0.2) is 120 Å². The van der Waals surface area contributed by atoms with Gasteiger partial charge in [0.25, 0.3) is 0 Å². The van der Waals surface area contributed by atoms with Crippen LogP contribution >= 0.6 is 0 Å². The summed E-state index contributed by atoms with van der Waals surface area (Å²) in [5, 5.41) is 32.4. The Hall–Kier alpha value is -0.930. The largest absolute Gasteiger partial charge is 0.463 e. The van der Waals surface area contributed by atoms with Crippen LogP contribution in [0.15, 0.2) is 0 Å². The number of aliphatic hydroxyl groups is 3. The summed E-state index contributed by atoms with van der Waals surface area (Å²) in [6.45, 7) is 16.8. The van der Waals surface area contributed by atoms with E-state index in [2.05, 4.69) is 27.7 Å². The second-order valence-electron chi connectivity index (χ2n) is 17.5. The molecule has 0 amide bonds. The number of hydrogen-bond donors (Lipinski definition) is 3. The van der Waals surface area contributed by atoms with Gasteiger partial charge in [0.1, 0.15) is 12.7 Å². The highest BCUT2D eigenvalue weighted by Gasteiger charge is 2.62. The van der Waals surface area contributed by atoms with Gasteiger partial charge in [-0.1, -0.05) is 41.5 Å². The number of ether oxygens (including phenoxy) is 8. The van der Waals surface area contributed by atoms with Gasteiger partial charge >= 0.3 is 5.97 Å². The van der Waals surface area contributed by atoms with Gasteiger partial charge < -0.3 is 53.2 Å². The van der Waals surface area contributed by atoms with E-state index in [1.54, 1.807) is 7.11 Å². The maximum atomic E-state index is 12.9. The molecule has 0 aromatic carbocycles. The van der Waals surface area contributed by atoms with E-state index >= 15 is 0 Å². The number of rotatable bonds is 12. The first kappa shape index (κ1) is 39.8. The van der Waals surface area contributed by atoms with E-state index in [4.69, 9.17) is 37.9 Å². The Morgan fingerprint density at radius 1 is 1.02 bits per heavy atom. The van der Waals surface area contributed by atoms with Crippen LogP contribution < -0.4 is 0 Å². The molecule has 0 aliphatic carbocycles. The van der Waals surface area contributed by atoms with Crippen LogP contribution in [-0.2, 0) is 42.7 Å². The Bertz CT molecular complexity index is 1220. The predicted molar refractivity (Wildman–Crippen MR) is 185 cm³/mol. The van der Waals surface area contributed by atoms with Gasteiger partial charge in [-0.2, -0.15) is 0 Å². The summed E-state index contributed by atoms with van der Waals surface area (Å²) in [4.78, 5) is 12.9. The standard InChI is InChI=1S/C39H66O12/c1-10-37(34-22(3)16-29(47-34)31-21(2)15-23(4)39(43,20-40)50-31)12-11-30(48-37)36(8)13-14-38(51-36)17-28(41)24(5)33(49-38)25(6)32(44-9)26(7)35(42)46-19-27-18-45-27/h21-34,40-41,43H,10-20H2,1-9H3. The summed E-state index contributed by atoms with van der Waals surface area (Å²) in [6, 6.07) is 0. The molecule has 12 nitrogen and oxygen atoms in total. The second kappa shape index (κ2) is 15.0. The zero-order valence-corrected chi connectivity index (χ0v) is 32.4. The van der Waals surface area contributed by atoms with Crippen molar-refractivity contribution in [2.45, 2.75) is 178 Å². The molecule has 6 saturated heterocycles. The van der Waals surface area contributed by atoms with E-state index in [0.717, 1.165) is 32.1 Å². The lowest BCUT2D eigenvalue weighted by molar-refractivity contribution is -0.336. The van der Waals surface area contributed by atoms with Crippen LogP contribution in [0, 0.1) is 35.5 Å². The van der Waals surface area contributed by atoms with Gasteiger partial charge in [-0.05, 0) is 64.2 Å². The number of esters is 1. The van der Waals surface area contributed by atoms with Gasteiger partial charge in [0, 0.05) is 37.7 Å². The Balaban J connectivity index is 1.12. The normalized spacial score (nSPS) is 50.3. The summed E-state index contributed by atoms with van der Waals surface area (Å²) in [6.07, 6.45) is 3.24. The first-order valence-electron chi connectivity index (χ1n) is 19.7. The van der Waals surface area contributed by atoms with E-state index in [0.29, 0.717) is 25.9 Å². The van der Waals surface area contributed by atoms with Crippen LogP contribution in [0.5, 0.6) is 0 Å². The van der Waals surface area contributed by atoms with Gasteiger partial charge in [0.2, 0.25) is 0 Å². The van der Waals surface area contributed by atoms with Crippen LogP contribution in [0.1, 0.15) is 107 Å². The van der Waals surface area contributed by atoms with Crippen LogP contribution in [0.2, 0.25) is 0 Å². The monoisotopic (exact) mass is 726 g/mol. The lowest BCUT2D eigenvalue weighted by atomic mass is 9.78. The number of aliphatic hydroxyl groups excluding tert-OH is 2. The molecule has 0 saturated carbocycles. The van der Waals surface area contributed by atoms with Gasteiger partial charge in [-0.15, -0.1) is 0 Å². The van der Waals surface area contributed by atoms with E-state index in [9.17, 15) is 20.1 Å². The number of methoxy groups -OCH3 is 1. The fourth-order valence-corrected chi connectivity index (χ4v) is 10.4. The number of hydrogen-bond acceptors (Lipinski definition) is 12. The Kier molecular flexibility index (Phi) is 11.7. The molecule has 51 heavy (non-hydrogen) atoms. The van der Waals surface area contributed by atoms with Crippen molar-refractivity contribution in [2.75, 3.05) is 26.9 Å². The van der Waals surface area contributed by atoms with Crippen LogP contribution in [0.3, 0.4) is 0 Å². The third-order valence-electron chi connectivity index (χ3n) is 13.8. The molecule has 18 unspecified atom stereocenters. The van der Waals surface area contributed by atoms with Crippen molar-refractivity contribution < 1.29 is 58.0 Å². The molecule has 1 spiro atoms. The van der Waals surface area contributed by atoms with Crippen molar-refractivity contribution in [3.05, 3.63) is 0 Å². The van der Waals surface area contributed by atoms with Gasteiger partial charge in [-0.3, -0.25) is 4.79 Å². The Morgan fingerprint density at radius 3 is 2.39 bits per heavy atom. The van der Waals surface area contributed by atoms with E-state index in [1.807, 2.05) is 27.7 Å². The molecule has 0 radical (unpaired) electrons. The summed E-state index contributed by atoms with van der Waals surface area (Å²) in [5.74, 6) is -3.62. The second-order valence-corrected chi connectivity index (χ2v) is 17.5. The van der Waals surface area contributed by atoms with E-state index in [1.165, 1.54) is 0 Å². The molecule has 18 atom stereocenters. The fraction of sp³-hybridized carbons (Fsp3) is 0.974. The Labute approximate surface area is 304 Å². The molecule has 0 aromatic heterocycles. The smallest absolute Gasteiger partial charge is 0.311 e. The number of carbonyl (C=O) groups is 1. The van der Waals surface area contributed by atoms with Crippen molar-refractivity contribution in [1.29, 1.82) is 0 Å². The molecule has 12 heteroatoms. The topological polar surface area (TPSA) is 155 Å². The Morgan fingerprint density at radius 2 is 1.75 bits per heavy atom. The van der Waals surface area contributed by atoms with Gasteiger partial charge in [0.15, 0.2) is 11.6 Å². The summed E-state index contributed by atoms with van der Waals surface area (Å²) < 4.78 is 50.7. The third kappa shape index (κ3) is 7.54. The van der Waals surface area contributed by atoms with E-state index < -0.39 is 53.6 Å². The zero-order valence-electron chi connectivity index (χ0n) is 32.4. The minimum absolute atomic E-state index is 0.0123. The van der Waals surface area contributed by atoms with Crippen LogP contribution in [0.4, 0.5) is 0 Å². The quantitative estimate of drug-likeness (QED) is 0.196. The highest BCUT2D eigenvalue weighted by molar-refractivity contribution is 5.72. The molecule has 6 aliphatic rings. The highest BCUT2D eigenvalue weighted by atomic mass is 16.7. The lowest BCUT2D eigenvalue weighted by Crippen LogP contribution is -2.57. The lowest BCUT2D eigenvalue weighted by Gasteiger charge is -2.49. The first-order chi connectivity index (χ1) is 24.0. The van der Waals surface area contributed by atoms with E-state index in [-0.39, 0.29) is 72.7 Å². The first-order valence-corrected chi connectivity index (χ1v) is 19.7. The molecule has 6 aliphatic heterocycles. The third-order valence-corrected chi connectivity index (χ3v) is 13.8. The molecule has 6 heterocycles. The van der Waals surface area contributed by atoms with Crippen molar-refractivity contribution in [2.24, 2.45) is 35.5 Å². The fourth-order valence-electron chi connectivity index (χ4n) is 10.4. The minimum atomic E-state index is -1.56. The predicted octanol–water partition coefficient (Wildman–Crippen LogP) is 4.13. The average Bonchev–Trinajstić information content (AvgIpc) is 3.53. The average molecular weight is 727 g/mol. The minimum Gasteiger partial charge on any atom is -0.463 e. The van der Waals surface area contributed by atoms with Crippen molar-refractivity contribution in [1.82, 2.24) is 0 Å². The zero-order chi connectivity index (χ0) is 37.1. The van der Waals surface area contributed by atoms with Crippen molar-refractivity contribution in [3.8, 4) is 0 Å². The maximum Gasteiger partial charge on any atom is 0.311 e.